The zero-order chi connectivity index (χ0) is 10.9. The topological polar surface area (TPSA) is 17.1 Å². The van der Waals surface area contributed by atoms with Gasteiger partial charge in [0, 0.05) is 17.5 Å². The van der Waals surface area contributed by atoms with Crippen LogP contribution in [0.5, 0.6) is 0 Å². The third-order valence-corrected chi connectivity index (χ3v) is 2.24. The van der Waals surface area contributed by atoms with Gasteiger partial charge in [0.1, 0.15) is 0 Å². The summed E-state index contributed by atoms with van der Waals surface area (Å²) in [6.45, 7) is 2.31. The van der Waals surface area contributed by atoms with Crippen molar-refractivity contribution in [1.29, 1.82) is 0 Å². The van der Waals surface area contributed by atoms with Crippen LogP contribution in [0.2, 0.25) is 5.02 Å². The molecule has 0 atom stereocenters. The van der Waals surface area contributed by atoms with Gasteiger partial charge in [0.15, 0.2) is 0 Å². The molecular weight excluding hydrogens is 210 g/mol. The van der Waals surface area contributed by atoms with Crippen molar-refractivity contribution >= 4 is 17.4 Å². The summed E-state index contributed by atoms with van der Waals surface area (Å²) in [4.78, 5) is 11.1. The van der Waals surface area contributed by atoms with E-state index in [0.717, 1.165) is 5.56 Å². The standard InChI is InChI=1S/C10H9ClF2O/c1-6-3-4-7(5-8(6)11)9(14)10(2,12)13/h3-5H,1-2H3. The van der Waals surface area contributed by atoms with Crippen molar-refractivity contribution in [2.45, 2.75) is 19.8 Å². The van der Waals surface area contributed by atoms with E-state index in [1.165, 1.54) is 12.1 Å². The number of hydrogen-bond donors (Lipinski definition) is 0. The van der Waals surface area contributed by atoms with E-state index in [-0.39, 0.29) is 5.56 Å². The molecule has 0 saturated heterocycles. The maximum atomic E-state index is 12.6. The van der Waals surface area contributed by atoms with E-state index in [4.69, 9.17) is 11.6 Å². The lowest BCUT2D eigenvalue weighted by Crippen LogP contribution is -2.24. The van der Waals surface area contributed by atoms with Crippen LogP contribution < -0.4 is 0 Å². The second-order valence-electron chi connectivity index (χ2n) is 3.18. The molecule has 1 aromatic carbocycles. The van der Waals surface area contributed by atoms with Gasteiger partial charge < -0.3 is 0 Å². The van der Waals surface area contributed by atoms with E-state index >= 15 is 0 Å². The van der Waals surface area contributed by atoms with Crippen LogP contribution in [-0.2, 0) is 0 Å². The fourth-order valence-electron chi connectivity index (χ4n) is 0.988. The average molecular weight is 219 g/mol. The molecule has 0 unspecified atom stereocenters. The molecular formula is C10H9ClF2O. The monoisotopic (exact) mass is 218 g/mol. The van der Waals surface area contributed by atoms with Gasteiger partial charge in [-0.05, 0) is 18.6 Å². The van der Waals surface area contributed by atoms with Gasteiger partial charge in [-0.2, -0.15) is 8.78 Å². The first kappa shape index (κ1) is 11.1. The number of halogens is 3. The van der Waals surface area contributed by atoms with Crippen molar-refractivity contribution in [3.63, 3.8) is 0 Å². The van der Waals surface area contributed by atoms with E-state index in [1.807, 2.05) is 0 Å². The van der Waals surface area contributed by atoms with Gasteiger partial charge >= 0.3 is 5.92 Å². The molecule has 1 rings (SSSR count). The minimum absolute atomic E-state index is 0.0619. The first-order chi connectivity index (χ1) is 6.32. The Kier molecular flexibility index (Phi) is 2.90. The Morgan fingerprint density at radius 2 is 2.00 bits per heavy atom. The number of benzene rings is 1. The number of Topliss-reactive ketones (excluding diaryl/α,β-unsaturated/α-hetero) is 1. The summed E-state index contributed by atoms with van der Waals surface area (Å²) >= 11 is 5.71. The summed E-state index contributed by atoms with van der Waals surface area (Å²) < 4.78 is 25.3. The predicted molar refractivity (Wildman–Crippen MR) is 51.1 cm³/mol. The van der Waals surface area contributed by atoms with Gasteiger partial charge in [-0.25, -0.2) is 0 Å². The lowest BCUT2D eigenvalue weighted by atomic mass is 10.1. The van der Waals surface area contributed by atoms with Crippen LogP contribution in [0.1, 0.15) is 22.8 Å². The highest BCUT2D eigenvalue weighted by atomic mass is 35.5. The van der Waals surface area contributed by atoms with E-state index in [1.54, 1.807) is 13.0 Å². The van der Waals surface area contributed by atoms with Gasteiger partial charge in [0.05, 0.1) is 0 Å². The third kappa shape index (κ3) is 2.29. The zero-order valence-electron chi connectivity index (χ0n) is 7.77. The molecule has 76 valence electrons. The predicted octanol–water partition coefficient (Wildman–Crippen LogP) is 3.49. The molecule has 0 spiro atoms. The van der Waals surface area contributed by atoms with Crippen molar-refractivity contribution in [2.75, 3.05) is 0 Å². The highest BCUT2D eigenvalue weighted by molar-refractivity contribution is 6.31. The molecule has 0 heterocycles. The highest BCUT2D eigenvalue weighted by Gasteiger charge is 2.33. The smallest absolute Gasteiger partial charge is 0.287 e. The number of hydrogen-bond acceptors (Lipinski definition) is 1. The Morgan fingerprint density at radius 1 is 1.43 bits per heavy atom. The molecule has 1 nitrogen and oxygen atoms in total. The van der Waals surface area contributed by atoms with Crippen LogP contribution in [0, 0.1) is 6.92 Å². The molecule has 0 amide bonds. The fraction of sp³-hybridized carbons (Fsp3) is 0.300. The minimum Gasteiger partial charge on any atom is -0.287 e. The number of carbonyl (C=O) groups is 1. The fourth-order valence-corrected chi connectivity index (χ4v) is 1.17. The van der Waals surface area contributed by atoms with E-state index < -0.39 is 11.7 Å². The molecule has 1 aromatic rings. The summed E-state index contributed by atoms with van der Waals surface area (Å²) in [5.41, 5.74) is 0.690. The van der Waals surface area contributed by atoms with Crippen molar-refractivity contribution in [3.8, 4) is 0 Å². The Bertz CT molecular complexity index is 369. The second kappa shape index (κ2) is 3.65. The minimum atomic E-state index is -3.35. The summed E-state index contributed by atoms with van der Waals surface area (Å²) in [6.07, 6.45) is 0. The van der Waals surface area contributed by atoms with Gasteiger partial charge in [-0.15, -0.1) is 0 Å². The number of ketones is 1. The normalized spacial score (nSPS) is 11.5. The molecule has 0 N–H and O–H groups in total. The van der Waals surface area contributed by atoms with Crippen LogP contribution in [-0.4, -0.2) is 11.7 Å². The molecule has 0 aromatic heterocycles. The number of carbonyl (C=O) groups excluding carboxylic acids is 1. The molecule has 0 aliphatic carbocycles. The van der Waals surface area contributed by atoms with Gasteiger partial charge in [-0.1, -0.05) is 23.7 Å². The lowest BCUT2D eigenvalue weighted by Gasteiger charge is -2.09. The van der Waals surface area contributed by atoms with E-state index in [0.29, 0.717) is 11.9 Å². The molecule has 0 fully saturated rings. The maximum absolute atomic E-state index is 12.6. The molecule has 0 aliphatic heterocycles. The van der Waals surface area contributed by atoms with Crippen molar-refractivity contribution in [2.24, 2.45) is 0 Å². The van der Waals surface area contributed by atoms with E-state index in [2.05, 4.69) is 0 Å². The maximum Gasteiger partial charge on any atom is 0.307 e. The summed E-state index contributed by atoms with van der Waals surface area (Å²) in [6, 6.07) is 4.15. The molecule has 0 radical (unpaired) electrons. The van der Waals surface area contributed by atoms with Crippen LogP contribution in [0.3, 0.4) is 0 Å². The average Bonchev–Trinajstić information content (AvgIpc) is 2.07. The van der Waals surface area contributed by atoms with Gasteiger partial charge in [-0.3, -0.25) is 4.79 Å². The zero-order valence-corrected chi connectivity index (χ0v) is 8.53. The van der Waals surface area contributed by atoms with Gasteiger partial charge in [0.2, 0.25) is 5.78 Å². The van der Waals surface area contributed by atoms with Crippen molar-refractivity contribution in [1.82, 2.24) is 0 Å². The Morgan fingerprint density at radius 3 is 2.43 bits per heavy atom. The number of alkyl halides is 2. The lowest BCUT2D eigenvalue weighted by molar-refractivity contribution is 0.0221. The largest absolute Gasteiger partial charge is 0.307 e. The summed E-state index contributed by atoms with van der Waals surface area (Å²) in [7, 11) is 0. The van der Waals surface area contributed by atoms with Crippen LogP contribution >= 0.6 is 11.6 Å². The second-order valence-corrected chi connectivity index (χ2v) is 3.59. The molecule has 14 heavy (non-hydrogen) atoms. The first-order valence-electron chi connectivity index (χ1n) is 4.01. The molecule has 0 aliphatic rings. The molecule has 0 saturated carbocycles. The van der Waals surface area contributed by atoms with Crippen LogP contribution in [0.25, 0.3) is 0 Å². The van der Waals surface area contributed by atoms with Crippen molar-refractivity contribution < 1.29 is 13.6 Å². The summed E-state index contributed by atoms with van der Waals surface area (Å²) in [5.74, 6) is -4.56. The summed E-state index contributed by atoms with van der Waals surface area (Å²) in [5, 5.41) is 0.320. The number of rotatable bonds is 2. The number of aryl methyl sites for hydroxylation is 1. The van der Waals surface area contributed by atoms with Crippen LogP contribution in [0.15, 0.2) is 18.2 Å². The van der Waals surface area contributed by atoms with E-state index in [9.17, 15) is 13.6 Å². The SMILES string of the molecule is Cc1ccc(C(=O)C(C)(F)F)cc1Cl. The van der Waals surface area contributed by atoms with Gasteiger partial charge in [0.25, 0.3) is 0 Å². The Labute approximate surface area is 85.7 Å². The molecule has 4 heteroatoms. The quantitative estimate of drug-likeness (QED) is 0.695. The Hall–Kier alpha value is -0.960. The van der Waals surface area contributed by atoms with Crippen molar-refractivity contribution in [3.05, 3.63) is 34.3 Å². The third-order valence-electron chi connectivity index (χ3n) is 1.83. The molecule has 0 bridgehead atoms. The Balaban J connectivity index is 3.10. The van der Waals surface area contributed by atoms with Crippen LogP contribution in [0.4, 0.5) is 8.78 Å². The highest BCUT2D eigenvalue weighted by Crippen LogP contribution is 2.23. The first-order valence-corrected chi connectivity index (χ1v) is 4.39.